The van der Waals surface area contributed by atoms with E-state index in [-0.39, 0.29) is 5.92 Å². The molecular weight excluding hydrogens is 234 g/mol. The highest BCUT2D eigenvalue weighted by molar-refractivity contribution is 5.66. The number of amides is 1. The Bertz CT molecular complexity index is 562. The molecule has 7 nitrogen and oxygen atoms in total. The van der Waals surface area contributed by atoms with Gasteiger partial charge in [-0.3, -0.25) is 10.1 Å². The lowest BCUT2D eigenvalue weighted by Crippen LogP contribution is -2.48. The predicted octanol–water partition coefficient (Wildman–Crippen LogP) is 0.944. The third kappa shape index (κ3) is 1.79. The molecule has 0 aromatic carbocycles. The lowest BCUT2D eigenvalue weighted by Gasteiger charge is -2.35. The van der Waals surface area contributed by atoms with Gasteiger partial charge in [0, 0.05) is 19.3 Å². The van der Waals surface area contributed by atoms with Crippen LogP contribution in [0.3, 0.4) is 0 Å². The van der Waals surface area contributed by atoms with Gasteiger partial charge >= 0.3 is 6.09 Å². The van der Waals surface area contributed by atoms with E-state index in [0.29, 0.717) is 30.4 Å². The van der Waals surface area contributed by atoms with Crippen LogP contribution in [-0.2, 0) is 0 Å². The van der Waals surface area contributed by atoms with Gasteiger partial charge in [-0.2, -0.15) is 5.10 Å². The molecule has 1 saturated heterocycles. The second-order valence-electron chi connectivity index (χ2n) is 4.14. The van der Waals surface area contributed by atoms with Crippen LogP contribution in [-0.4, -0.2) is 49.4 Å². The average molecular weight is 245 g/mol. The van der Waals surface area contributed by atoms with E-state index in [9.17, 15) is 4.79 Å². The fourth-order valence-electron chi connectivity index (χ4n) is 1.87. The molecule has 2 aromatic heterocycles. The van der Waals surface area contributed by atoms with Crippen molar-refractivity contribution in [3.63, 3.8) is 0 Å². The van der Waals surface area contributed by atoms with Crippen LogP contribution in [0.5, 0.6) is 0 Å². The van der Waals surface area contributed by atoms with Crippen molar-refractivity contribution in [2.24, 2.45) is 0 Å². The number of pyridine rings is 1. The number of H-pyrrole nitrogens is 1. The van der Waals surface area contributed by atoms with Crippen LogP contribution < -0.4 is 0 Å². The Balaban J connectivity index is 1.74. The first-order valence-electron chi connectivity index (χ1n) is 5.55. The summed E-state index contributed by atoms with van der Waals surface area (Å²) in [5.74, 6) is 1.36. The van der Waals surface area contributed by atoms with Crippen LogP contribution in [0.15, 0.2) is 24.4 Å². The summed E-state index contributed by atoms with van der Waals surface area (Å²) in [5.41, 5.74) is 0.703. The number of carbonyl (C=O) groups is 1. The third-order valence-electron chi connectivity index (χ3n) is 2.94. The van der Waals surface area contributed by atoms with Crippen molar-refractivity contribution in [3.8, 4) is 11.5 Å². The fraction of sp³-hybridized carbons (Fsp3) is 0.273. The molecule has 0 aliphatic carbocycles. The maximum Gasteiger partial charge on any atom is 0.407 e. The van der Waals surface area contributed by atoms with Gasteiger partial charge in [0.2, 0.25) is 0 Å². The van der Waals surface area contributed by atoms with Crippen LogP contribution in [0.25, 0.3) is 11.5 Å². The van der Waals surface area contributed by atoms with Gasteiger partial charge in [0.1, 0.15) is 11.5 Å². The van der Waals surface area contributed by atoms with Crippen LogP contribution in [0, 0.1) is 0 Å². The lowest BCUT2D eigenvalue weighted by atomic mass is 10.0. The number of nitrogens with one attached hydrogen (secondary N) is 1. The third-order valence-corrected chi connectivity index (χ3v) is 2.94. The Morgan fingerprint density at radius 1 is 1.44 bits per heavy atom. The van der Waals surface area contributed by atoms with Crippen molar-refractivity contribution in [2.75, 3.05) is 13.1 Å². The first kappa shape index (κ1) is 10.7. The van der Waals surface area contributed by atoms with E-state index in [4.69, 9.17) is 5.11 Å². The van der Waals surface area contributed by atoms with Gasteiger partial charge in [0.15, 0.2) is 5.82 Å². The SMILES string of the molecule is O=C(O)N1CC(c2nc(-c3ccccn3)n[nH]2)C1. The first-order valence-corrected chi connectivity index (χ1v) is 5.55. The molecule has 1 fully saturated rings. The van der Waals surface area contributed by atoms with E-state index < -0.39 is 6.09 Å². The fourth-order valence-corrected chi connectivity index (χ4v) is 1.87. The summed E-state index contributed by atoms with van der Waals surface area (Å²) in [6.45, 7) is 0.929. The number of aromatic nitrogens is 4. The smallest absolute Gasteiger partial charge is 0.407 e. The minimum Gasteiger partial charge on any atom is -0.465 e. The van der Waals surface area contributed by atoms with Crippen LogP contribution in [0.2, 0.25) is 0 Å². The molecule has 18 heavy (non-hydrogen) atoms. The highest BCUT2D eigenvalue weighted by Gasteiger charge is 2.33. The Hall–Kier alpha value is -2.44. The monoisotopic (exact) mass is 245 g/mol. The molecular formula is C11H11N5O2. The predicted molar refractivity (Wildman–Crippen MR) is 62.0 cm³/mol. The van der Waals surface area contributed by atoms with E-state index in [0.717, 1.165) is 0 Å². The number of hydrogen-bond acceptors (Lipinski definition) is 4. The van der Waals surface area contributed by atoms with E-state index in [1.165, 1.54) is 4.90 Å². The molecule has 0 spiro atoms. The van der Waals surface area contributed by atoms with Gasteiger partial charge in [-0.25, -0.2) is 9.78 Å². The molecule has 2 N–H and O–H groups in total. The van der Waals surface area contributed by atoms with Crippen molar-refractivity contribution >= 4 is 6.09 Å². The summed E-state index contributed by atoms with van der Waals surface area (Å²) in [5, 5.41) is 15.7. The highest BCUT2D eigenvalue weighted by Crippen LogP contribution is 2.25. The Labute approximate surface area is 102 Å². The second kappa shape index (κ2) is 4.10. The van der Waals surface area contributed by atoms with Crippen LogP contribution in [0.1, 0.15) is 11.7 Å². The lowest BCUT2D eigenvalue weighted by molar-refractivity contribution is 0.103. The normalized spacial score (nSPS) is 15.4. The van der Waals surface area contributed by atoms with Crippen molar-refractivity contribution in [3.05, 3.63) is 30.2 Å². The molecule has 0 bridgehead atoms. The van der Waals surface area contributed by atoms with E-state index >= 15 is 0 Å². The molecule has 3 rings (SSSR count). The number of carboxylic acid groups (broad SMARTS) is 1. The van der Waals surface area contributed by atoms with Crippen molar-refractivity contribution in [1.29, 1.82) is 0 Å². The minimum atomic E-state index is -0.893. The van der Waals surface area contributed by atoms with Gasteiger partial charge in [-0.15, -0.1) is 0 Å². The van der Waals surface area contributed by atoms with E-state index in [1.807, 2.05) is 18.2 Å². The zero-order valence-corrected chi connectivity index (χ0v) is 9.45. The second-order valence-corrected chi connectivity index (χ2v) is 4.14. The molecule has 2 aromatic rings. The number of hydrogen-bond donors (Lipinski definition) is 2. The maximum atomic E-state index is 10.7. The molecule has 0 radical (unpaired) electrons. The van der Waals surface area contributed by atoms with Gasteiger partial charge in [0.05, 0.1) is 5.92 Å². The first-order chi connectivity index (χ1) is 8.74. The number of aromatic amines is 1. The molecule has 1 aliphatic rings. The zero-order chi connectivity index (χ0) is 12.5. The van der Waals surface area contributed by atoms with Gasteiger partial charge < -0.3 is 10.0 Å². The van der Waals surface area contributed by atoms with E-state index in [2.05, 4.69) is 20.2 Å². The van der Waals surface area contributed by atoms with Crippen LogP contribution >= 0.6 is 0 Å². The Kier molecular flexibility index (Phi) is 2.44. The van der Waals surface area contributed by atoms with Crippen molar-refractivity contribution in [2.45, 2.75) is 5.92 Å². The zero-order valence-electron chi connectivity index (χ0n) is 9.45. The minimum absolute atomic E-state index is 0.103. The molecule has 1 amide bonds. The largest absolute Gasteiger partial charge is 0.465 e. The maximum absolute atomic E-state index is 10.7. The summed E-state index contributed by atoms with van der Waals surface area (Å²) in [6.07, 6.45) is 0.789. The van der Waals surface area contributed by atoms with Crippen molar-refractivity contribution in [1.82, 2.24) is 25.1 Å². The highest BCUT2D eigenvalue weighted by atomic mass is 16.4. The molecule has 92 valence electrons. The summed E-state index contributed by atoms with van der Waals surface area (Å²) >= 11 is 0. The quantitative estimate of drug-likeness (QED) is 0.821. The number of likely N-dealkylation sites (tertiary alicyclic amines) is 1. The Morgan fingerprint density at radius 2 is 2.28 bits per heavy atom. The van der Waals surface area contributed by atoms with Crippen molar-refractivity contribution < 1.29 is 9.90 Å². The standard InChI is InChI=1S/C11H11N5O2/c17-11(18)16-5-7(6-16)9-13-10(15-14-9)8-3-1-2-4-12-8/h1-4,7H,5-6H2,(H,17,18)(H,13,14,15). The van der Waals surface area contributed by atoms with Gasteiger partial charge in [-0.1, -0.05) is 6.07 Å². The Morgan fingerprint density at radius 3 is 2.94 bits per heavy atom. The summed E-state index contributed by atoms with van der Waals surface area (Å²) in [4.78, 5) is 20.5. The molecule has 0 atom stereocenters. The molecule has 1 aliphatic heterocycles. The van der Waals surface area contributed by atoms with Gasteiger partial charge in [-0.05, 0) is 12.1 Å². The molecule has 0 saturated carbocycles. The van der Waals surface area contributed by atoms with Gasteiger partial charge in [0.25, 0.3) is 0 Å². The number of rotatable bonds is 2. The summed E-state index contributed by atoms with van der Waals surface area (Å²) in [7, 11) is 0. The van der Waals surface area contributed by atoms with Crippen LogP contribution in [0.4, 0.5) is 4.79 Å². The van der Waals surface area contributed by atoms with E-state index in [1.54, 1.807) is 6.20 Å². The molecule has 3 heterocycles. The molecule has 7 heteroatoms. The average Bonchev–Trinajstić information content (AvgIpc) is 2.77. The summed E-state index contributed by atoms with van der Waals surface area (Å²) < 4.78 is 0. The number of nitrogens with zero attached hydrogens (tertiary/aromatic N) is 4. The topological polar surface area (TPSA) is 95.0 Å². The summed E-state index contributed by atoms with van der Waals surface area (Å²) in [6, 6.07) is 5.53. The molecule has 0 unspecified atom stereocenters.